The number of amides is 1. The Morgan fingerprint density at radius 3 is 2.22 bits per heavy atom. The van der Waals surface area contributed by atoms with E-state index in [-0.39, 0.29) is 5.91 Å². The van der Waals surface area contributed by atoms with Crippen LogP contribution in [0.2, 0.25) is 0 Å². The summed E-state index contributed by atoms with van der Waals surface area (Å²) in [6.45, 7) is 0. The zero-order valence-corrected chi connectivity index (χ0v) is 12.4. The number of anilines is 3. The summed E-state index contributed by atoms with van der Waals surface area (Å²) < 4.78 is 5.13. The molecule has 0 saturated heterocycles. The van der Waals surface area contributed by atoms with E-state index in [9.17, 15) is 4.79 Å². The van der Waals surface area contributed by atoms with Crippen LogP contribution < -0.4 is 10.6 Å². The minimum Gasteiger partial charge on any atom is -0.465 e. The van der Waals surface area contributed by atoms with Gasteiger partial charge in [0.05, 0.1) is 6.26 Å². The van der Waals surface area contributed by atoms with E-state index in [2.05, 4.69) is 10.6 Å². The van der Waals surface area contributed by atoms with Gasteiger partial charge in [0.2, 0.25) is 5.91 Å². The Hall–Kier alpha value is -3.27. The maximum absolute atomic E-state index is 11.8. The van der Waals surface area contributed by atoms with Crippen LogP contribution in [0.1, 0.15) is 5.76 Å². The van der Waals surface area contributed by atoms with Crippen LogP contribution in [0, 0.1) is 0 Å². The van der Waals surface area contributed by atoms with Gasteiger partial charge in [-0.3, -0.25) is 4.79 Å². The number of carbonyl (C=O) groups excluding carboxylic acids is 1. The number of rotatable bonds is 5. The van der Waals surface area contributed by atoms with Crippen molar-refractivity contribution in [2.45, 2.75) is 0 Å². The lowest BCUT2D eigenvalue weighted by atomic mass is 10.2. The Morgan fingerprint density at radius 2 is 1.52 bits per heavy atom. The van der Waals surface area contributed by atoms with Crippen molar-refractivity contribution in [2.75, 3.05) is 10.6 Å². The van der Waals surface area contributed by atoms with E-state index in [1.807, 2.05) is 54.6 Å². The van der Waals surface area contributed by atoms with E-state index in [1.54, 1.807) is 24.5 Å². The van der Waals surface area contributed by atoms with Gasteiger partial charge in [-0.05, 0) is 54.6 Å². The molecule has 0 aliphatic heterocycles. The maximum atomic E-state index is 11.8. The Morgan fingerprint density at radius 1 is 0.826 bits per heavy atom. The molecule has 3 rings (SSSR count). The Balaban J connectivity index is 1.58. The fourth-order valence-electron chi connectivity index (χ4n) is 2.05. The minimum atomic E-state index is -0.204. The van der Waals surface area contributed by atoms with Gasteiger partial charge in [-0.25, -0.2) is 0 Å². The molecule has 0 atom stereocenters. The number of benzene rings is 2. The number of nitrogens with one attached hydrogen (secondary N) is 2. The minimum absolute atomic E-state index is 0.204. The van der Waals surface area contributed by atoms with Crippen molar-refractivity contribution in [1.29, 1.82) is 0 Å². The van der Waals surface area contributed by atoms with Gasteiger partial charge in [0.15, 0.2) is 0 Å². The first kappa shape index (κ1) is 14.7. The third-order valence-corrected chi connectivity index (χ3v) is 3.16. The summed E-state index contributed by atoms with van der Waals surface area (Å²) in [5.41, 5.74) is 2.71. The van der Waals surface area contributed by atoms with E-state index in [4.69, 9.17) is 4.42 Å². The average Bonchev–Trinajstić information content (AvgIpc) is 3.09. The first-order valence-corrected chi connectivity index (χ1v) is 7.24. The van der Waals surface area contributed by atoms with Gasteiger partial charge in [-0.2, -0.15) is 0 Å². The average molecular weight is 304 g/mol. The molecular weight excluding hydrogens is 288 g/mol. The summed E-state index contributed by atoms with van der Waals surface area (Å²) in [6.07, 6.45) is 4.63. The molecule has 0 radical (unpaired) electrons. The summed E-state index contributed by atoms with van der Waals surface area (Å²) in [7, 11) is 0. The number of furan rings is 1. The zero-order valence-electron chi connectivity index (χ0n) is 12.4. The zero-order chi connectivity index (χ0) is 15.9. The summed E-state index contributed by atoms with van der Waals surface area (Å²) in [4.78, 5) is 11.8. The highest BCUT2D eigenvalue weighted by atomic mass is 16.3. The van der Waals surface area contributed by atoms with E-state index >= 15 is 0 Å². The van der Waals surface area contributed by atoms with E-state index < -0.39 is 0 Å². The molecule has 114 valence electrons. The Bertz CT molecular complexity index is 776. The second-order valence-corrected chi connectivity index (χ2v) is 4.91. The van der Waals surface area contributed by atoms with Gasteiger partial charge in [-0.1, -0.05) is 18.2 Å². The smallest absolute Gasteiger partial charge is 0.248 e. The molecule has 0 spiro atoms. The van der Waals surface area contributed by atoms with Crippen molar-refractivity contribution in [3.8, 4) is 0 Å². The largest absolute Gasteiger partial charge is 0.465 e. The predicted molar refractivity (Wildman–Crippen MR) is 92.5 cm³/mol. The van der Waals surface area contributed by atoms with Crippen molar-refractivity contribution >= 4 is 29.0 Å². The molecule has 0 aliphatic carbocycles. The van der Waals surface area contributed by atoms with E-state index in [0.717, 1.165) is 17.1 Å². The normalized spacial score (nSPS) is 10.6. The summed E-state index contributed by atoms with van der Waals surface area (Å²) >= 11 is 0. The van der Waals surface area contributed by atoms with Gasteiger partial charge >= 0.3 is 0 Å². The fraction of sp³-hybridized carbons (Fsp3) is 0. The third kappa shape index (κ3) is 4.35. The summed E-state index contributed by atoms with van der Waals surface area (Å²) in [5.74, 6) is 0.438. The molecule has 0 unspecified atom stereocenters. The summed E-state index contributed by atoms with van der Waals surface area (Å²) in [6, 6.07) is 21.0. The number of hydrogen-bond acceptors (Lipinski definition) is 3. The molecule has 0 fully saturated rings. The molecule has 2 N–H and O–H groups in total. The van der Waals surface area contributed by atoms with Crippen LogP contribution in [0.5, 0.6) is 0 Å². The second kappa shape index (κ2) is 7.13. The van der Waals surface area contributed by atoms with Crippen molar-refractivity contribution in [1.82, 2.24) is 0 Å². The van der Waals surface area contributed by atoms with Crippen LogP contribution in [0.15, 0.2) is 83.5 Å². The van der Waals surface area contributed by atoms with Gasteiger partial charge in [-0.15, -0.1) is 0 Å². The molecule has 1 amide bonds. The SMILES string of the molecule is O=C(/C=C/c1ccco1)Nc1ccc(Nc2ccccc2)cc1. The van der Waals surface area contributed by atoms with Crippen LogP contribution in [-0.2, 0) is 4.79 Å². The monoisotopic (exact) mass is 304 g/mol. The topological polar surface area (TPSA) is 54.3 Å². The van der Waals surface area contributed by atoms with Crippen molar-refractivity contribution < 1.29 is 9.21 Å². The van der Waals surface area contributed by atoms with Gasteiger partial charge in [0.25, 0.3) is 0 Å². The van der Waals surface area contributed by atoms with Crippen molar-refractivity contribution in [2.24, 2.45) is 0 Å². The predicted octanol–water partition coefficient (Wildman–Crippen LogP) is 4.68. The molecule has 4 heteroatoms. The van der Waals surface area contributed by atoms with E-state index in [1.165, 1.54) is 6.08 Å². The van der Waals surface area contributed by atoms with Crippen LogP contribution in [-0.4, -0.2) is 5.91 Å². The Labute approximate surface area is 134 Å². The Kier molecular flexibility index (Phi) is 4.55. The van der Waals surface area contributed by atoms with E-state index in [0.29, 0.717) is 5.76 Å². The standard InChI is InChI=1S/C19H16N2O2/c22-19(13-12-18-7-4-14-23-18)21-17-10-8-16(9-11-17)20-15-5-2-1-3-6-15/h1-14,20H,(H,21,22)/b13-12+. The molecule has 4 nitrogen and oxygen atoms in total. The molecule has 23 heavy (non-hydrogen) atoms. The second-order valence-electron chi connectivity index (χ2n) is 4.91. The first-order valence-electron chi connectivity index (χ1n) is 7.24. The van der Waals surface area contributed by atoms with Gasteiger partial charge in [0.1, 0.15) is 5.76 Å². The lowest BCUT2D eigenvalue weighted by Gasteiger charge is -2.07. The molecule has 1 heterocycles. The molecular formula is C19H16N2O2. The highest BCUT2D eigenvalue weighted by Gasteiger charge is 1.99. The number of hydrogen-bond donors (Lipinski definition) is 2. The van der Waals surface area contributed by atoms with Gasteiger partial charge < -0.3 is 15.1 Å². The summed E-state index contributed by atoms with van der Waals surface area (Å²) in [5, 5.41) is 6.09. The van der Waals surface area contributed by atoms with Crippen molar-refractivity contribution in [3.63, 3.8) is 0 Å². The van der Waals surface area contributed by atoms with Crippen LogP contribution >= 0.6 is 0 Å². The lowest BCUT2D eigenvalue weighted by molar-refractivity contribution is -0.111. The molecule has 1 aromatic heterocycles. The fourth-order valence-corrected chi connectivity index (χ4v) is 2.05. The lowest BCUT2D eigenvalue weighted by Crippen LogP contribution is -2.07. The molecule has 2 aromatic carbocycles. The molecule has 3 aromatic rings. The van der Waals surface area contributed by atoms with Crippen LogP contribution in [0.3, 0.4) is 0 Å². The highest BCUT2D eigenvalue weighted by Crippen LogP contribution is 2.18. The van der Waals surface area contributed by atoms with Crippen molar-refractivity contribution in [3.05, 3.63) is 84.8 Å². The molecule has 0 saturated carbocycles. The molecule has 0 bridgehead atoms. The number of carbonyl (C=O) groups is 1. The third-order valence-electron chi connectivity index (χ3n) is 3.16. The maximum Gasteiger partial charge on any atom is 0.248 e. The highest BCUT2D eigenvalue weighted by molar-refractivity contribution is 6.01. The first-order chi connectivity index (χ1) is 11.3. The molecule has 0 aliphatic rings. The van der Waals surface area contributed by atoms with Crippen LogP contribution in [0.25, 0.3) is 6.08 Å². The number of para-hydroxylation sites is 1. The van der Waals surface area contributed by atoms with Gasteiger partial charge in [0, 0.05) is 23.1 Å². The van der Waals surface area contributed by atoms with Crippen LogP contribution in [0.4, 0.5) is 17.1 Å². The quantitative estimate of drug-likeness (QED) is 0.673.